The predicted molar refractivity (Wildman–Crippen MR) is 113 cm³/mol. The van der Waals surface area contributed by atoms with Gasteiger partial charge in [-0.15, -0.1) is 0 Å². The van der Waals surface area contributed by atoms with Gasteiger partial charge in [0, 0.05) is 22.9 Å². The highest BCUT2D eigenvalue weighted by Gasteiger charge is 2.22. The molecule has 1 aromatic heterocycles. The van der Waals surface area contributed by atoms with Crippen molar-refractivity contribution in [3.05, 3.63) is 75.2 Å². The number of aromatic nitrogens is 2. The SMILES string of the molecule is CN(C(=O)c1nc[nH]c1C(N)=O)c1ccc(NC(=O)c2cc(Br)ccc2Cl)cc1. The van der Waals surface area contributed by atoms with Crippen molar-refractivity contribution in [1.82, 2.24) is 9.97 Å². The Labute approximate surface area is 179 Å². The number of benzene rings is 2. The van der Waals surface area contributed by atoms with Crippen molar-refractivity contribution in [1.29, 1.82) is 0 Å². The number of aromatic amines is 1. The van der Waals surface area contributed by atoms with Gasteiger partial charge in [0.1, 0.15) is 5.69 Å². The number of H-pyrrole nitrogens is 1. The van der Waals surface area contributed by atoms with E-state index in [1.807, 2.05) is 0 Å². The Hall–Kier alpha value is -3.17. The zero-order chi connectivity index (χ0) is 21.1. The molecule has 3 amide bonds. The normalized spacial score (nSPS) is 10.4. The summed E-state index contributed by atoms with van der Waals surface area (Å²) in [6, 6.07) is 11.6. The van der Waals surface area contributed by atoms with E-state index >= 15 is 0 Å². The lowest BCUT2D eigenvalue weighted by Gasteiger charge is -2.17. The molecule has 2 aromatic carbocycles. The van der Waals surface area contributed by atoms with Crippen molar-refractivity contribution in [2.24, 2.45) is 5.73 Å². The molecule has 0 aliphatic carbocycles. The summed E-state index contributed by atoms with van der Waals surface area (Å²) < 4.78 is 0.733. The number of primary amides is 1. The maximum atomic E-state index is 12.6. The Bertz CT molecular complexity index is 1100. The third-order valence-electron chi connectivity index (χ3n) is 4.08. The molecule has 0 saturated carbocycles. The lowest BCUT2D eigenvalue weighted by Crippen LogP contribution is -2.29. The second-order valence-electron chi connectivity index (χ2n) is 5.98. The van der Waals surface area contributed by atoms with E-state index in [0.717, 1.165) is 4.47 Å². The lowest BCUT2D eigenvalue weighted by atomic mass is 10.2. The van der Waals surface area contributed by atoms with Gasteiger partial charge < -0.3 is 20.9 Å². The van der Waals surface area contributed by atoms with E-state index in [9.17, 15) is 14.4 Å². The topological polar surface area (TPSA) is 121 Å². The minimum absolute atomic E-state index is 0.0587. The van der Waals surface area contributed by atoms with Gasteiger partial charge in [-0.2, -0.15) is 0 Å². The molecule has 0 bridgehead atoms. The van der Waals surface area contributed by atoms with E-state index in [2.05, 4.69) is 31.2 Å². The summed E-state index contributed by atoms with van der Waals surface area (Å²) in [5, 5.41) is 3.08. The number of halogens is 2. The fourth-order valence-corrected chi connectivity index (χ4v) is 3.12. The number of nitrogens with two attached hydrogens (primary N) is 1. The van der Waals surface area contributed by atoms with E-state index in [-0.39, 0.29) is 17.3 Å². The van der Waals surface area contributed by atoms with Gasteiger partial charge >= 0.3 is 0 Å². The molecule has 4 N–H and O–H groups in total. The van der Waals surface area contributed by atoms with Crippen LogP contribution in [0.5, 0.6) is 0 Å². The van der Waals surface area contributed by atoms with Crippen LogP contribution in [-0.2, 0) is 0 Å². The first-order chi connectivity index (χ1) is 13.8. The van der Waals surface area contributed by atoms with Crippen LogP contribution in [0.15, 0.2) is 53.3 Å². The van der Waals surface area contributed by atoms with Crippen molar-refractivity contribution in [2.45, 2.75) is 0 Å². The molecule has 148 valence electrons. The first kappa shape index (κ1) is 20.6. The standard InChI is InChI=1S/C19H15BrClN5O3/c1-26(19(29)16-15(17(22)27)23-9-24-16)12-5-3-11(4-6-12)25-18(28)13-8-10(20)2-7-14(13)21/h2-9H,1H3,(H2,22,27)(H,23,24)(H,25,28). The van der Waals surface area contributed by atoms with Gasteiger partial charge in [-0.25, -0.2) is 4.98 Å². The molecule has 1 heterocycles. The number of carbonyl (C=O) groups is 3. The summed E-state index contributed by atoms with van der Waals surface area (Å²) in [5.74, 6) is -1.64. The van der Waals surface area contributed by atoms with Crippen LogP contribution in [0.2, 0.25) is 5.02 Å². The number of amides is 3. The first-order valence-corrected chi connectivity index (χ1v) is 9.42. The summed E-state index contributed by atoms with van der Waals surface area (Å²) >= 11 is 9.38. The summed E-state index contributed by atoms with van der Waals surface area (Å²) in [4.78, 5) is 44.2. The van der Waals surface area contributed by atoms with Gasteiger partial charge in [0.25, 0.3) is 17.7 Å². The van der Waals surface area contributed by atoms with Gasteiger partial charge in [-0.1, -0.05) is 27.5 Å². The van der Waals surface area contributed by atoms with Crippen molar-refractivity contribution in [3.8, 4) is 0 Å². The highest BCUT2D eigenvalue weighted by Crippen LogP contribution is 2.23. The van der Waals surface area contributed by atoms with Crippen LogP contribution < -0.4 is 16.0 Å². The third kappa shape index (κ3) is 4.47. The lowest BCUT2D eigenvalue weighted by molar-refractivity contribution is 0.0958. The Kier molecular flexibility index (Phi) is 6.00. The predicted octanol–water partition coefficient (Wildman–Crippen LogP) is 3.45. The Morgan fingerprint density at radius 1 is 1.17 bits per heavy atom. The number of nitrogens with one attached hydrogen (secondary N) is 2. The maximum absolute atomic E-state index is 12.6. The summed E-state index contributed by atoms with van der Waals surface area (Å²) in [6.07, 6.45) is 1.23. The van der Waals surface area contributed by atoms with Crippen molar-refractivity contribution in [3.63, 3.8) is 0 Å². The molecular formula is C19H15BrClN5O3. The molecule has 3 rings (SSSR count). The number of hydrogen-bond donors (Lipinski definition) is 3. The molecule has 29 heavy (non-hydrogen) atoms. The number of anilines is 2. The minimum atomic E-state index is -0.775. The second kappa shape index (κ2) is 8.46. The van der Waals surface area contributed by atoms with E-state index in [1.54, 1.807) is 42.5 Å². The number of rotatable bonds is 5. The third-order valence-corrected chi connectivity index (χ3v) is 4.90. The van der Waals surface area contributed by atoms with Crippen molar-refractivity contribution in [2.75, 3.05) is 17.3 Å². The van der Waals surface area contributed by atoms with Crippen molar-refractivity contribution >= 4 is 56.6 Å². The molecule has 3 aromatic rings. The highest BCUT2D eigenvalue weighted by atomic mass is 79.9. The molecule has 10 heteroatoms. The van der Waals surface area contributed by atoms with Gasteiger partial charge in [0.2, 0.25) is 0 Å². The Morgan fingerprint density at radius 3 is 2.52 bits per heavy atom. The van der Waals surface area contributed by atoms with Crippen LogP contribution in [0.1, 0.15) is 31.3 Å². The number of nitrogens with zero attached hydrogens (tertiary/aromatic N) is 2. The van der Waals surface area contributed by atoms with Gasteiger partial charge in [-0.3, -0.25) is 14.4 Å². The zero-order valence-corrected chi connectivity index (χ0v) is 17.4. The fraction of sp³-hybridized carbons (Fsp3) is 0.0526. The zero-order valence-electron chi connectivity index (χ0n) is 15.1. The monoisotopic (exact) mass is 475 g/mol. The largest absolute Gasteiger partial charge is 0.364 e. The smallest absolute Gasteiger partial charge is 0.279 e. The molecule has 0 aliphatic rings. The quantitative estimate of drug-likeness (QED) is 0.522. The van der Waals surface area contributed by atoms with E-state index in [0.29, 0.717) is 22.0 Å². The molecule has 8 nitrogen and oxygen atoms in total. The summed E-state index contributed by atoms with van der Waals surface area (Å²) in [7, 11) is 1.54. The van der Waals surface area contributed by atoms with Crippen molar-refractivity contribution < 1.29 is 14.4 Å². The molecule has 0 spiro atoms. The first-order valence-electron chi connectivity index (χ1n) is 8.25. The second-order valence-corrected chi connectivity index (χ2v) is 7.30. The molecular weight excluding hydrogens is 462 g/mol. The van der Waals surface area contributed by atoms with Gasteiger partial charge in [0.15, 0.2) is 5.69 Å². The molecule has 0 saturated heterocycles. The molecule has 0 aliphatic heterocycles. The van der Waals surface area contributed by atoms with Crippen LogP contribution >= 0.6 is 27.5 Å². The van der Waals surface area contributed by atoms with Crippen LogP contribution in [-0.4, -0.2) is 34.7 Å². The van der Waals surface area contributed by atoms with Crippen LogP contribution in [0.3, 0.4) is 0 Å². The van der Waals surface area contributed by atoms with Gasteiger partial charge in [-0.05, 0) is 42.5 Å². The van der Waals surface area contributed by atoms with E-state index < -0.39 is 11.8 Å². The van der Waals surface area contributed by atoms with Crippen LogP contribution in [0.25, 0.3) is 0 Å². The molecule has 0 unspecified atom stereocenters. The van der Waals surface area contributed by atoms with E-state index in [1.165, 1.54) is 18.3 Å². The minimum Gasteiger partial charge on any atom is -0.364 e. The number of imidazole rings is 1. The van der Waals surface area contributed by atoms with Gasteiger partial charge in [0.05, 0.1) is 16.9 Å². The molecule has 0 atom stereocenters. The molecule has 0 fully saturated rings. The number of carbonyl (C=O) groups excluding carboxylic acids is 3. The summed E-state index contributed by atoms with van der Waals surface area (Å²) in [5.41, 5.74) is 6.49. The van der Waals surface area contributed by atoms with Crippen LogP contribution in [0, 0.1) is 0 Å². The highest BCUT2D eigenvalue weighted by molar-refractivity contribution is 9.10. The Morgan fingerprint density at radius 2 is 1.86 bits per heavy atom. The van der Waals surface area contributed by atoms with E-state index in [4.69, 9.17) is 17.3 Å². The molecule has 0 radical (unpaired) electrons. The fourth-order valence-electron chi connectivity index (χ4n) is 2.56. The van der Waals surface area contributed by atoms with Crippen LogP contribution in [0.4, 0.5) is 11.4 Å². The Balaban J connectivity index is 1.75. The average molecular weight is 477 g/mol. The summed E-state index contributed by atoms with van der Waals surface area (Å²) in [6.45, 7) is 0. The average Bonchev–Trinajstić information content (AvgIpc) is 3.19. The maximum Gasteiger partial charge on any atom is 0.279 e. The number of hydrogen-bond acceptors (Lipinski definition) is 4.